The second kappa shape index (κ2) is 5.15. The molecule has 3 nitrogen and oxygen atoms in total. The molecule has 3 heteroatoms. The van der Waals surface area contributed by atoms with Gasteiger partial charge in [0, 0.05) is 5.56 Å². The molecule has 88 valence electrons. The Morgan fingerprint density at radius 3 is 2.67 bits per heavy atom. The molecule has 18 heavy (non-hydrogen) atoms. The molecule has 2 rings (SSSR count). The van der Waals surface area contributed by atoms with E-state index in [2.05, 4.69) is 17.6 Å². The SMILES string of the molecule is C=CCc1cc(-c2ccccc2)nc(N)c1C#N. The number of nitrogen functional groups attached to an aromatic ring is 1. The number of rotatable bonds is 3. The summed E-state index contributed by atoms with van der Waals surface area (Å²) in [7, 11) is 0. The van der Waals surface area contributed by atoms with Gasteiger partial charge in [-0.1, -0.05) is 36.4 Å². The number of nitriles is 1. The topological polar surface area (TPSA) is 62.7 Å². The third-order valence-corrected chi connectivity index (χ3v) is 2.67. The molecular formula is C15H13N3. The van der Waals surface area contributed by atoms with Gasteiger partial charge in [-0.3, -0.25) is 0 Å². The number of anilines is 1. The highest BCUT2D eigenvalue weighted by atomic mass is 14.8. The van der Waals surface area contributed by atoms with Crippen molar-refractivity contribution < 1.29 is 0 Å². The van der Waals surface area contributed by atoms with Crippen LogP contribution in [0, 0.1) is 11.3 Å². The van der Waals surface area contributed by atoms with E-state index >= 15 is 0 Å². The molecule has 0 fully saturated rings. The number of hydrogen-bond donors (Lipinski definition) is 1. The summed E-state index contributed by atoms with van der Waals surface area (Å²) in [4.78, 5) is 4.28. The molecule has 0 aliphatic rings. The van der Waals surface area contributed by atoms with E-state index in [1.54, 1.807) is 6.08 Å². The molecule has 0 amide bonds. The van der Waals surface area contributed by atoms with Gasteiger partial charge in [0.2, 0.25) is 0 Å². The zero-order valence-corrected chi connectivity index (χ0v) is 9.93. The highest BCUT2D eigenvalue weighted by molar-refractivity contribution is 5.66. The Hall–Kier alpha value is -2.60. The van der Waals surface area contributed by atoms with E-state index in [1.165, 1.54) is 0 Å². The number of pyridine rings is 1. The Balaban J connectivity index is 2.58. The van der Waals surface area contributed by atoms with Crippen molar-refractivity contribution in [1.82, 2.24) is 4.98 Å². The maximum Gasteiger partial charge on any atom is 0.142 e. The fourth-order valence-corrected chi connectivity index (χ4v) is 1.82. The molecule has 1 aromatic heterocycles. The minimum Gasteiger partial charge on any atom is -0.383 e. The van der Waals surface area contributed by atoms with Gasteiger partial charge in [-0.15, -0.1) is 6.58 Å². The second-order valence-corrected chi connectivity index (χ2v) is 3.90. The monoisotopic (exact) mass is 235 g/mol. The average molecular weight is 235 g/mol. The van der Waals surface area contributed by atoms with E-state index in [1.807, 2.05) is 36.4 Å². The Bertz CT molecular complexity index is 610. The molecule has 2 aromatic rings. The summed E-state index contributed by atoms with van der Waals surface area (Å²) in [5.74, 6) is 0.274. The highest BCUT2D eigenvalue weighted by Crippen LogP contribution is 2.23. The van der Waals surface area contributed by atoms with Crippen LogP contribution in [0.4, 0.5) is 5.82 Å². The van der Waals surface area contributed by atoms with E-state index in [-0.39, 0.29) is 5.82 Å². The minimum absolute atomic E-state index is 0.274. The Labute approximate surface area is 106 Å². The van der Waals surface area contributed by atoms with Crippen molar-refractivity contribution in [1.29, 1.82) is 5.26 Å². The van der Waals surface area contributed by atoms with Crippen LogP contribution in [0.5, 0.6) is 0 Å². The average Bonchev–Trinajstić information content (AvgIpc) is 2.40. The Morgan fingerprint density at radius 2 is 2.06 bits per heavy atom. The second-order valence-electron chi connectivity index (χ2n) is 3.90. The maximum absolute atomic E-state index is 9.08. The molecule has 0 spiro atoms. The zero-order chi connectivity index (χ0) is 13.0. The molecule has 0 bridgehead atoms. The third-order valence-electron chi connectivity index (χ3n) is 2.67. The fourth-order valence-electron chi connectivity index (χ4n) is 1.82. The molecule has 0 unspecified atom stereocenters. The summed E-state index contributed by atoms with van der Waals surface area (Å²) in [5, 5.41) is 9.08. The number of aromatic nitrogens is 1. The molecule has 1 aromatic carbocycles. The first kappa shape index (κ1) is 11.9. The third kappa shape index (κ3) is 2.23. The quantitative estimate of drug-likeness (QED) is 0.832. The number of nitrogens with zero attached hydrogens (tertiary/aromatic N) is 2. The van der Waals surface area contributed by atoms with Crippen molar-refractivity contribution in [3.8, 4) is 17.3 Å². The minimum atomic E-state index is 0.274. The van der Waals surface area contributed by atoms with Gasteiger partial charge in [-0.2, -0.15) is 5.26 Å². The van der Waals surface area contributed by atoms with Crippen LogP contribution in [-0.2, 0) is 6.42 Å². The van der Waals surface area contributed by atoms with Crippen molar-refractivity contribution >= 4 is 5.82 Å². The number of allylic oxidation sites excluding steroid dienone is 1. The van der Waals surface area contributed by atoms with Crippen molar-refractivity contribution in [2.75, 3.05) is 5.73 Å². The smallest absolute Gasteiger partial charge is 0.142 e. The van der Waals surface area contributed by atoms with E-state index in [4.69, 9.17) is 11.0 Å². The van der Waals surface area contributed by atoms with Crippen LogP contribution in [0.3, 0.4) is 0 Å². The normalized spacial score (nSPS) is 9.72. The van der Waals surface area contributed by atoms with Crippen molar-refractivity contribution in [2.24, 2.45) is 0 Å². The number of nitrogens with two attached hydrogens (primary N) is 1. The first-order chi connectivity index (χ1) is 8.76. The van der Waals surface area contributed by atoms with Crippen LogP contribution in [0.1, 0.15) is 11.1 Å². The summed E-state index contributed by atoms with van der Waals surface area (Å²) in [5.41, 5.74) is 8.90. The molecule has 0 atom stereocenters. The standard InChI is InChI=1S/C15H13N3/c1-2-6-12-9-14(11-7-4-3-5-8-11)18-15(17)13(12)10-16/h2-5,7-9H,1,6H2,(H2,17,18). The molecule has 0 aliphatic heterocycles. The maximum atomic E-state index is 9.08. The summed E-state index contributed by atoms with van der Waals surface area (Å²) < 4.78 is 0. The van der Waals surface area contributed by atoms with Crippen LogP contribution in [0.2, 0.25) is 0 Å². The summed E-state index contributed by atoms with van der Waals surface area (Å²) in [6.07, 6.45) is 2.36. The van der Waals surface area contributed by atoms with Crippen molar-refractivity contribution in [2.45, 2.75) is 6.42 Å². The van der Waals surface area contributed by atoms with E-state index < -0.39 is 0 Å². The predicted molar refractivity (Wildman–Crippen MR) is 72.7 cm³/mol. The van der Waals surface area contributed by atoms with Gasteiger partial charge in [0.15, 0.2) is 0 Å². The fraction of sp³-hybridized carbons (Fsp3) is 0.0667. The summed E-state index contributed by atoms with van der Waals surface area (Å²) >= 11 is 0. The van der Waals surface area contributed by atoms with Crippen LogP contribution in [0.15, 0.2) is 49.1 Å². The molecule has 1 heterocycles. The van der Waals surface area contributed by atoms with Gasteiger partial charge in [0.05, 0.1) is 11.3 Å². The van der Waals surface area contributed by atoms with Gasteiger partial charge >= 0.3 is 0 Å². The summed E-state index contributed by atoms with van der Waals surface area (Å²) in [6, 6.07) is 13.7. The molecular weight excluding hydrogens is 222 g/mol. The van der Waals surface area contributed by atoms with Crippen LogP contribution in [-0.4, -0.2) is 4.98 Å². The van der Waals surface area contributed by atoms with Crippen LogP contribution < -0.4 is 5.73 Å². The van der Waals surface area contributed by atoms with Gasteiger partial charge in [-0.25, -0.2) is 4.98 Å². The van der Waals surface area contributed by atoms with E-state index in [0.717, 1.165) is 16.8 Å². The molecule has 0 radical (unpaired) electrons. The van der Waals surface area contributed by atoms with Crippen LogP contribution >= 0.6 is 0 Å². The Kier molecular flexibility index (Phi) is 3.40. The van der Waals surface area contributed by atoms with E-state index in [9.17, 15) is 0 Å². The Morgan fingerprint density at radius 1 is 1.33 bits per heavy atom. The van der Waals surface area contributed by atoms with Gasteiger partial charge in [0.25, 0.3) is 0 Å². The largest absolute Gasteiger partial charge is 0.383 e. The lowest BCUT2D eigenvalue weighted by Crippen LogP contribution is -2.01. The first-order valence-corrected chi connectivity index (χ1v) is 5.62. The van der Waals surface area contributed by atoms with Gasteiger partial charge in [0.1, 0.15) is 11.9 Å². The van der Waals surface area contributed by atoms with Crippen molar-refractivity contribution in [3.05, 3.63) is 60.2 Å². The van der Waals surface area contributed by atoms with E-state index in [0.29, 0.717) is 12.0 Å². The lowest BCUT2D eigenvalue weighted by Gasteiger charge is -2.08. The molecule has 0 saturated carbocycles. The van der Waals surface area contributed by atoms with Crippen LogP contribution in [0.25, 0.3) is 11.3 Å². The molecule has 0 aliphatic carbocycles. The van der Waals surface area contributed by atoms with Gasteiger partial charge < -0.3 is 5.73 Å². The predicted octanol–water partition coefficient (Wildman–Crippen LogP) is 2.93. The molecule has 0 saturated heterocycles. The molecule has 2 N–H and O–H groups in total. The highest BCUT2D eigenvalue weighted by Gasteiger charge is 2.10. The zero-order valence-electron chi connectivity index (χ0n) is 9.93. The first-order valence-electron chi connectivity index (χ1n) is 5.62. The number of benzene rings is 1. The lowest BCUT2D eigenvalue weighted by molar-refractivity contribution is 1.20. The van der Waals surface area contributed by atoms with Gasteiger partial charge in [-0.05, 0) is 18.1 Å². The van der Waals surface area contributed by atoms with Crippen molar-refractivity contribution in [3.63, 3.8) is 0 Å². The number of hydrogen-bond acceptors (Lipinski definition) is 3. The summed E-state index contributed by atoms with van der Waals surface area (Å²) in [6.45, 7) is 3.69. The lowest BCUT2D eigenvalue weighted by atomic mass is 10.0.